The first kappa shape index (κ1) is 16.4. The van der Waals surface area contributed by atoms with E-state index in [2.05, 4.69) is 54.5 Å². The summed E-state index contributed by atoms with van der Waals surface area (Å²) in [4.78, 5) is 5.91. The van der Waals surface area contributed by atoms with E-state index in [0.29, 0.717) is 0 Å². The molecular formula is C14H28N2O. The first-order valence-electron chi connectivity index (χ1n) is 6.21. The molecule has 0 radical (unpaired) electrons. The minimum Gasteiger partial charge on any atom is -0.277 e. The molecule has 100 valence electrons. The highest BCUT2D eigenvalue weighted by Gasteiger charge is 2.37. The van der Waals surface area contributed by atoms with Gasteiger partial charge in [-0.05, 0) is 47.0 Å². The summed E-state index contributed by atoms with van der Waals surface area (Å²) in [5.74, 6) is 0. The van der Waals surface area contributed by atoms with Gasteiger partial charge >= 0.3 is 0 Å². The summed E-state index contributed by atoms with van der Waals surface area (Å²) in [6, 6.07) is 2.40. The lowest BCUT2D eigenvalue weighted by Gasteiger charge is -2.46. The predicted octanol–water partition coefficient (Wildman–Crippen LogP) is 3.76. The van der Waals surface area contributed by atoms with Crippen molar-refractivity contribution in [2.75, 3.05) is 0 Å². The molecular weight excluding hydrogens is 212 g/mol. The van der Waals surface area contributed by atoms with E-state index in [4.69, 9.17) is 10.1 Å². The molecule has 0 heterocycles. The van der Waals surface area contributed by atoms with Crippen LogP contribution in [-0.2, 0) is 4.84 Å². The van der Waals surface area contributed by atoms with Crippen molar-refractivity contribution in [2.45, 2.75) is 79.5 Å². The molecule has 0 aromatic carbocycles. The van der Waals surface area contributed by atoms with E-state index in [-0.39, 0.29) is 17.0 Å². The molecule has 0 fully saturated rings. The second kappa shape index (κ2) is 4.96. The van der Waals surface area contributed by atoms with E-state index in [0.717, 1.165) is 0 Å². The van der Waals surface area contributed by atoms with Crippen LogP contribution in [0.25, 0.3) is 0 Å². The van der Waals surface area contributed by atoms with Crippen LogP contribution in [-0.4, -0.2) is 22.2 Å². The quantitative estimate of drug-likeness (QED) is 0.705. The van der Waals surface area contributed by atoms with Gasteiger partial charge in [0.15, 0.2) is 5.60 Å². The zero-order valence-electron chi connectivity index (χ0n) is 12.9. The number of hydrogen-bond acceptors (Lipinski definition) is 3. The summed E-state index contributed by atoms with van der Waals surface area (Å²) in [6.07, 6.45) is 0. The van der Waals surface area contributed by atoms with Crippen LogP contribution in [0, 0.1) is 16.7 Å². The second-order valence-electron chi connectivity index (χ2n) is 7.25. The fourth-order valence-corrected chi connectivity index (χ4v) is 1.41. The molecule has 0 aliphatic rings. The van der Waals surface area contributed by atoms with Gasteiger partial charge in [0, 0.05) is 11.6 Å². The van der Waals surface area contributed by atoms with E-state index in [1.165, 1.54) is 0 Å². The Balaban J connectivity index is 5.14. The van der Waals surface area contributed by atoms with Crippen molar-refractivity contribution in [1.29, 1.82) is 5.26 Å². The van der Waals surface area contributed by atoms with Crippen molar-refractivity contribution in [3.8, 4) is 6.07 Å². The van der Waals surface area contributed by atoms with Gasteiger partial charge in [0.25, 0.3) is 0 Å². The third kappa shape index (κ3) is 5.06. The Hall–Kier alpha value is -0.590. The molecule has 3 nitrogen and oxygen atoms in total. The number of nitriles is 1. The SMILES string of the molecule is CC(N(OC(C)(C)C#N)C(C)(C)C)C(C)(C)C. The topological polar surface area (TPSA) is 36.3 Å². The average molecular weight is 240 g/mol. The first-order chi connectivity index (χ1) is 7.31. The highest BCUT2D eigenvalue weighted by molar-refractivity contribution is 4.95. The number of hydrogen-bond donors (Lipinski definition) is 0. The van der Waals surface area contributed by atoms with Crippen LogP contribution in [0.3, 0.4) is 0 Å². The van der Waals surface area contributed by atoms with E-state index < -0.39 is 5.60 Å². The van der Waals surface area contributed by atoms with E-state index in [1.54, 1.807) is 13.8 Å². The molecule has 0 aliphatic heterocycles. The minimum atomic E-state index is -0.799. The molecule has 0 N–H and O–H groups in total. The zero-order chi connectivity index (χ0) is 14.1. The van der Waals surface area contributed by atoms with Crippen LogP contribution in [0.4, 0.5) is 0 Å². The molecule has 0 saturated heterocycles. The van der Waals surface area contributed by atoms with Gasteiger partial charge in [0.05, 0.1) is 6.07 Å². The predicted molar refractivity (Wildman–Crippen MR) is 71.3 cm³/mol. The van der Waals surface area contributed by atoms with E-state index >= 15 is 0 Å². The smallest absolute Gasteiger partial charge is 0.170 e. The largest absolute Gasteiger partial charge is 0.277 e. The highest BCUT2D eigenvalue weighted by Crippen LogP contribution is 2.31. The summed E-state index contributed by atoms with van der Waals surface area (Å²) in [5, 5.41) is 11.0. The van der Waals surface area contributed by atoms with Crippen LogP contribution in [0.2, 0.25) is 0 Å². The van der Waals surface area contributed by atoms with Gasteiger partial charge in [-0.3, -0.25) is 4.84 Å². The van der Waals surface area contributed by atoms with Gasteiger partial charge in [0.1, 0.15) is 0 Å². The fraction of sp³-hybridized carbons (Fsp3) is 0.929. The van der Waals surface area contributed by atoms with Gasteiger partial charge in [-0.25, -0.2) is 0 Å². The lowest BCUT2D eigenvalue weighted by molar-refractivity contribution is -0.288. The van der Waals surface area contributed by atoms with Gasteiger partial charge in [-0.15, -0.1) is 0 Å². The molecule has 0 spiro atoms. The molecule has 0 aromatic heterocycles. The van der Waals surface area contributed by atoms with Crippen molar-refractivity contribution >= 4 is 0 Å². The maximum atomic E-state index is 9.09. The summed E-state index contributed by atoms with van der Waals surface area (Å²) in [6.45, 7) is 18.6. The van der Waals surface area contributed by atoms with Crippen LogP contribution < -0.4 is 0 Å². The monoisotopic (exact) mass is 240 g/mol. The molecule has 0 amide bonds. The van der Waals surface area contributed by atoms with Crippen molar-refractivity contribution < 1.29 is 4.84 Å². The zero-order valence-corrected chi connectivity index (χ0v) is 12.9. The van der Waals surface area contributed by atoms with Gasteiger partial charge in [-0.2, -0.15) is 10.3 Å². The van der Waals surface area contributed by atoms with E-state index in [9.17, 15) is 0 Å². The number of rotatable bonds is 3. The molecule has 0 aliphatic carbocycles. The Labute approximate surface area is 107 Å². The number of hydroxylamine groups is 2. The van der Waals surface area contributed by atoms with Crippen LogP contribution in [0.5, 0.6) is 0 Å². The van der Waals surface area contributed by atoms with Crippen LogP contribution >= 0.6 is 0 Å². The normalized spacial score (nSPS) is 15.8. The standard InChI is InChI=1S/C14H28N2O/c1-11(12(2,3)4)16(13(5,6)7)17-14(8,9)10-15/h11H,1-9H3. The highest BCUT2D eigenvalue weighted by atomic mass is 16.7. The molecule has 1 atom stereocenters. The Morgan fingerprint density at radius 2 is 1.41 bits per heavy atom. The van der Waals surface area contributed by atoms with Crippen LogP contribution in [0.15, 0.2) is 0 Å². The Morgan fingerprint density at radius 1 is 1.00 bits per heavy atom. The average Bonchev–Trinajstić information content (AvgIpc) is 2.10. The minimum absolute atomic E-state index is 0.0960. The molecule has 1 unspecified atom stereocenters. The van der Waals surface area contributed by atoms with E-state index in [1.807, 2.05) is 5.06 Å². The molecule has 17 heavy (non-hydrogen) atoms. The van der Waals surface area contributed by atoms with Gasteiger partial charge in [0.2, 0.25) is 0 Å². The molecule has 0 aromatic rings. The third-order valence-corrected chi connectivity index (χ3v) is 2.86. The van der Waals surface area contributed by atoms with Crippen molar-refractivity contribution in [1.82, 2.24) is 5.06 Å². The maximum Gasteiger partial charge on any atom is 0.170 e. The Morgan fingerprint density at radius 3 is 1.65 bits per heavy atom. The molecule has 0 bridgehead atoms. The maximum absolute atomic E-state index is 9.09. The summed E-state index contributed by atoms with van der Waals surface area (Å²) in [5.41, 5.74) is -0.841. The lowest BCUT2D eigenvalue weighted by Crippen LogP contribution is -2.54. The van der Waals surface area contributed by atoms with Gasteiger partial charge < -0.3 is 0 Å². The summed E-state index contributed by atoms with van der Waals surface area (Å²) in [7, 11) is 0. The third-order valence-electron chi connectivity index (χ3n) is 2.86. The van der Waals surface area contributed by atoms with Crippen molar-refractivity contribution in [2.24, 2.45) is 5.41 Å². The van der Waals surface area contributed by atoms with Crippen molar-refractivity contribution in [3.05, 3.63) is 0 Å². The lowest BCUT2D eigenvalue weighted by atomic mass is 9.86. The van der Waals surface area contributed by atoms with Crippen molar-refractivity contribution in [3.63, 3.8) is 0 Å². The Kier molecular flexibility index (Phi) is 4.78. The molecule has 0 saturated carbocycles. The molecule has 0 rings (SSSR count). The number of nitrogens with zero attached hydrogens (tertiary/aromatic N) is 2. The fourth-order valence-electron chi connectivity index (χ4n) is 1.41. The first-order valence-corrected chi connectivity index (χ1v) is 6.21. The summed E-state index contributed by atoms with van der Waals surface area (Å²) >= 11 is 0. The molecule has 3 heteroatoms. The van der Waals surface area contributed by atoms with Crippen LogP contribution in [0.1, 0.15) is 62.3 Å². The van der Waals surface area contributed by atoms with Gasteiger partial charge in [-0.1, -0.05) is 20.8 Å². The summed E-state index contributed by atoms with van der Waals surface area (Å²) < 4.78 is 0. The second-order valence-corrected chi connectivity index (χ2v) is 7.25. The Bertz CT molecular complexity index is 289.